The second-order valence-electron chi connectivity index (χ2n) is 7.73. The van der Waals surface area contributed by atoms with Gasteiger partial charge in [-0.05, 0) is 37.8 Å². The molecule has 0 aromatic carbocycles. The van der Waals surface area contributed by atoms with E-state index < -0.39 is 0 Å². The smallest absolute Gasteiger partial charge is 0.287 e. The molecule has 0 bridgehead atoms. The summed E-state index contributed by atoms with van der Waals surface area (Å²) in [7, 11) is 3.97. The largest absolute Gasteiger partial charge is 0.459 e. The summed E-state index contributed by atoms with van der Waals surface area (Å²) in [6.45, 7) is 2.30. The minimum absolute atomic E-state index is 0.0549. The van der Waals surface area contributed by atoms with Crippen molar-refractivity contribution in [3.63, 3.8) is 0 Å². The average Bonchev–Trinajstić information content (AvgIpc) is 3.38. The van der Waals surface area contributed by atoms with Crippen LogP contribution in [0.15, 0.2) is 35.2 Å². The molecule has 4 rings (SSSR count). The second-order valence-corrected chi connectivity index (χ2v) is 7.73. The number of furan rings is 1. The van der Waals surface area contributed by atoms with Crippen LogP contribution in [0.4, 0.5) is 11.6 Å². The zero-order valence-electron chi connectivity index (χ0n) is 16.4. The first-order valence-corrected chi connectivity index (χ1v) is 9.79. The van der Waals surface area contributed by atoms with Crippen LogP contribution < -0.4 is 15.1 Å². The van der Waals surface area contributed by atoms with Crippen molar-refractivity contribution in [2.75, 3.05) is 43.5 Å². The molecule has 2 aromatic heterocycles. The Hall–Kier alpha value is -2.61. The molecule has 150 valence electrons. The van der Waals surface area contributed by atoms with Gasteiger partial charge in [0.2, 0.25) is 0 Å². The zero-order valence-corrected chi connectivity index (χ0v) is 16.4. The van der Waals surface area contributed by atoms with Gasteiger partial charge >= 0.3 is 0 Å². The van der Waals surface area contributed by atoms with Gasteiger partial charge < -0.3 is 24.3 Å². The third-order valence-electron chi connectivity index (χ3n) is 5.63. The van der Waals surface area contributed by atoms with Gasteiger partial charge in [0.15, 0.2) is 17.4 Å². The molecular formula is C20H27N5O3. The van der Waals surface area contributed by atoms with E-state index in [1.807, 2.05) is 19.0 Å². The highest BCUT2D eigenvalue weighted by Crippen LogP contribution is 2.40. The molecular weight excluding hydrogens is 358 g/mol. The van der Waals surface area contributed by atoms with E-state index in [2.05, 4.69) is 20.2 Å². The molecule has 2 fully saturated rings. The summed E-state index contributed by atoms with van der Waals surface area (Å²) < 4.78 is 11.5. The van der Waals surface area contributed by atoms with Gasteiger partial charge in [-0.15, -0.1) is 0 Å². The molecule has 0 aliphatic carbocycles. The third kappa shape index (κ3) is 3.82. The second kappa shape index (κ2) is 7.79. The van der Waals surface area contributed by atoms with E-state index >= 15 is 0 Å². The Morgan fingerprint density at radius 1 is 1.29 bits per heavy atom. The number of ether oxygens (including phenoxy) is 1. The van der Waals surface area contributed by atoms with Gasteiger partial charge in [0.05, 0.1) is 18.0 Å². The number of aromatic nitrogens is 2. The van der Waals surface area contributed by atoms with Crippen molar-refractivity contribution in [2.24, 2.45) is 0 Å². The number of carbonyl (C=O) groups excluding carboxylic acids is 1. The maximum absolute atomic E-state index is 12.0. The van der Waals surface area contributed by atoms with Crippen molar-refractivity contribution in [3.8, 4) is 0 Å². The number of rotatable bonds is 5. The Morgan fingerprint density at radius 3 is 2.79 bits per heavy atom. The number of nitrogens with zero attached hydrogens (tertiary/aromatic N) is 4. The number of anilines is 2. The summed E-state index contributed by atoms with van der Waals surface area (Å²) in [5.74, 6) is 1.97. The number of piperidine rings is 1. The summed E-state index contributed by atoms with van der Waals surface area (Å²) in [5.41, 5.74) is -0.0862. The molecule has 8 heteroatoms. The van der Waals surface area contributed by atoms with Gasteiger partial charge in [0, 0.05) is 46.1 Å². The zero-order chi connectivity index (χ0) is 19.6. The minimum atomic E-state index is -0.191. The normalized spacial score (nSPS) is 21.1. The Morgan fingerprint density at radius 2 is 2.07 bits per heavy atom. The van der Waals surface area contributed by atoms with Crippen LogP contribution in [0.25, 0.3) is 0 Å². The van der Waals surface area contributed by atoms with Crippen LogP contribution in [0, 0.1) is 0 Å². The molecule has 0 saturated carbocycles. The van der Waals surface area contributed by atoms with Gasteiger partial charge in [-0.1, -0.05) is 0 Å². The summed E-state index contributed by atoms with van der Waals surface area (Å²) in [6, 6.07) is 3.37. The summed E-state index contributed by atoms with van der Waals surface area (Å²) in [5, 5.41) is 2.91. The number of hydrogen-bond acceptors (Lipinski definition) is 7. The van der Waals surface area contributed by atoms with E-state index in [0.717, 1.165) is 50.4 Å². The average molecular weight is 385 g/mol. The fraction of sp³-hybridized carbons (Fsp3) is 0.550. The Kier molecular flexibility index (Phi) is 5.21. The van der Waals surface area contributed by atoms with Crippen molar-refractivity contribution in [1.29, 1.82) is 0 Å². The van der Waals surface area contributed by atoms with Crippen molar-refractivity contribution in [2.45, 2.75) is 37.4 Å². The number of amides is 1. The van der Waals surface area contributed by atoms with Crippen molar-refractivity contribution in [3.05, 3.63) is 36.5 Å². The van der Waals surface area contributed by atoms with Gasteiger partial charge in [-0.3, -0.25) is 4.79 Å². The van der Waals surface area contributed by atoms with Crippen LogP contribution in [0.2, 0.25) is 0 Å². The fourth-order valence-corrected chi connectivity index (χ4v) is 4.10. The molecule has 2 aliphatic rings. The Balaban J connectivity index is 1.31. The van der Waals surface area contributed by atoms with Gasteiger partial charge in [0.1, 0.15) is 0 Å². The lowest BCUT2D eigenvalue weighted by molar-refractivity contribution is -0.0542. The molecule has 1 amide bonds. The van der Waals surface area contributed by atoms with Crippen molar-refractivity contribution < 1.29 is 13.9 Å². The molecule has 2 aromatic rings. The molecule has 1 spiro atoms. The SMILES string of the molecule is CN(C)c1nccnc1N1CCC2(CCC(CNC(=O)c3ccco3)O2)CC1. The van der Waals surface area contributed by atoms with Gasteiger partial charge in [-0.25, -0.2) is 9.97 Å². The molecule has 1 N–H and O–H groups in total. The number of carbonyl (C=O) groups is 1. The van der Waals surface area contributed by atoms with Crippen LogP contribution in [0.3, 0.4) is 0 Å². The van der Waals surface area contributed by atoms with Crippen LogP contribution in [-0.4, -0.2) is 61.3 Å². The minimum Gasteiger partial charge on any atom is -0.459 e. The van der Waals surface area contributed by atoms with Crippen LogP contribution in [-0.2, 0) is 4.74 Å². The quantitative estimate of drug-likeness (QED) is 0.844. The number of hydrogen-bond donors (Lipinski definition) is 1. The number of nitrogens with one attached hydrogen (secondary N) is 1. The third-order valence-corrected chi connectivity index (χ3v) is 5.63. The molecule has 2 aliphatic heterocycles. The lowest BCUT2D eigenvalue weighted by Crippen LogP contribution is -2.46. The summed E-state index contributed by atoms with van der Waals surface area (Å²) in [6.07, 6.45) is 8.94. The van der Waals surface area contributed by atoms with Gasteiger partial charge in [0.25, 0.3) is 5.91 Å². The van der Waals surface area contributed by atoms with Crippen LogP contribution in [0.1, 0.15) is 36.2 Å². The molecule has 28 heavy (non-hydrogen) atoms. The van der Waals surface area contributed by atoms with Crippen LogP contribution in [0.5, 0.6) is 0 Å². The fourth-order valence-electron chi connectivity index (χ4n) is 4.10. The highest BCUT2D eigenvalue weighted by molar-refractivity contribution is 5.91. The van der Waals surface area contributed by atoms with E-state index in [1.165, 1.54) is 6.26 Å². The summed E-state index contributed by atoms with van der Waals surface area (Å²) >= 11 is 0. The first kappa shape index (κ1) is 18.7. The lowest BCUT2D eigenvalue weighted by Gasteiger charge is -2.40. The molecule has 4 heterocycles. The summed E-state index contributed by atoms with van der Waals surface area (Å²) in [4.78, 5) is 25.3. The van der Waals surface area contributed by atoms with E-state index in [4.69, 9.17) is 9.15 Å². The first-order chi connectivity index (χ1) is 13.6. The van der Waals surface area contributed by atoms with E-state index in [-0.39, 0.29) is 17.6 Å². The predicted molar refractivity (Wildman–Crippen MR) is 106 cm³/mol. The molecule has 8 nitrogen and oxygen atoms in total. The Labute approximate surface area is 164 Å². The highest BCUT2D eigenvalue weighted by atomic mass is 16.5. The van der Waals surface area contributed by atoms with Gasteiger partial charge in [-0.2, -0.15) is 0 Å². The van der Waals surface area contributed by atoms with Crippen molar-refractivity contribution in [1.82, 2.24) is 15.3 Å². The maximum atomic E-state index is 12.0. The standard InChI is InChI=1S/C20H27N5O3/c1-24(2)17-18(22-10-9-21-17)25-11-7-20(8-12-25)6-5-15(28-20)14-23-19(26)16-4-3-13-27-16/h3-4,9-10,13,15H,5-8,11-12,14H2,1-2H3,(H,23,26). The topological polar surface area (TPSA) is 83.7 Å². The Bertz CT molecular complexity index is 800. The van der Waals surface area contributed by atoms with Crippen LogP contribution >= 0.6 is 0 Å². The van der Waals surface area contributed by atoms with E-state index in [1.54, 1.807) is 24.5 Å². The molecule has 1 unspecified atom stereocenters. The molecule has 1 atom stereocenters. The van der Waals surface area contributed by atoms with Crippen molar-refractivity contribution >= 4 is 17.5 Å². The molecule has 2 saturated heterocycles. The van der Waals surface area contributed by atoms with E-state index in [0.29, 0.717) is 12.3 Å². The lowest BCUT2D eigenvalue weighted by atomic mass is 9.88. The van der Waals surface area contributed by atoms with E-state index in [9.17, 15) is 4.79 Å². The maximum Gasteiger partial charge on any atom is 0.287 e. The predicted octanol–water partition coefficient (Wildman–Crippen LogP) is 2.08. The highest BCUT2D eigenvalue weighted by Gasteiger charge is 2.43. The molecule has 0 radical (unpaired) electrons. The first-order valence-electron chi connectivity index (χ1n) is 9.79. The monoisotopic (exact) mass is 385 g/mol.